The fourth-order valence-electron chi connectivity index (χ4n) is 3.08. The lowest BCUT2D eigenvalue weighted by atomic mass is 9.95. The molecule has 2 N–H and O–H groups in total. The number of carbonyl (C=O) groups excluding carboxylic acids is 1. The first-order valence-corrected chi connectivity index (χ1v) is 8.65. The molecule has 3 rings (SSSR count). The molecule has 126 valence electrons. The summed E-state index contributed by atoms with van der Waals surface area (Å²) in [4.78, 5) is 21.1. The third kappa shape index (κ3) is 4.54. The van der Waals surface area contributed by atoms with E-state index < -0.39 is 0 Å². The van der Waals surface area contributed by atoms with Crippen LogP contribution in [0.3, 0.4) is 0 Å². The van der Waals surface area contributed by atoms with Gasteiger partial charge in [-0.25, -0.2) is 9.97 Å². The van der Waals surface area contributed by atoms with E-state index in [2.05, 4.69) is 20.6 Å². The monoisotopic (exact) mass is 324 g/mol. The lowest BCUT2D eigenvalue weighted by Gasteiger charge is -2.23. The second-order valence-corrected chi connectivity index (χ2v) is 6.33. The summed E-state index contributed by atoms with van der Waals surface area (Å²) in [5.41, 5.74) is 1.48. The SMILES string of the molecule is Cc1nc(NC2CCCCC2)cc(C(=O)NCc2ccccc2)n1. The largest absolute Gasteiger partial charge is 0.367 e. The van der Waals surface area contributed by atoms with E-state index in [4.69, 9.17) is 0 Å². The van der Waals surface area contributed by atoms with Gasteiger partial charge in [0.05, 0.1) is 0 Å². The number of anilines is 1. The number of benzene rings is 1. The van der Waals surface area contributed by atoms with Crippen LogP contribution in [-0.4, -0.2) is 21.9 Å². The zero-order chi connectivity index (χ0) is 16.8. The number of aryl methyl sites for hydroxylation is 1. The van der Waals surface area contributed by atoms with Crippen molar-refractivity contribution in [2.24, 2.45) is 0 Å². The summed E-state index contributed by atoms with van der Waals surface area (Å²) in [6.45, 7) is 2.31. The Hall–Kier alpha value is -2.43. The Morgan fingerprint density at radius 1 is 1.12 bits per heavy atom. The molecule has 1 heterocycles. The smallest absolute Gasteiger partial charge is 0.270 e. The maximum absolute atomic E-state index is 12.4. The molecule has 0 radical (unpaired) electrons. The maximum Gasteiger partial charge on any atom is 0.270 e. The molecule has 1 aliphatic rings. The third-order valence-corrected chi connectivity index (χ3v) is 4.32. The van der Waals surface area contributed by atoms with Gasteiger partial charge in [-0.15, -0.1) is 0 Å². The first kappa shape index (κ1) is 16.4. The van der Waals surface area contributed by atoms with Crippen LogP contribution >= 0.6 is 0 Å². The van der Waals surface area contributed by atoms with Crippen LogP contribution < -0.4 is 10.6 Å². The predicted molar refractivity (Wildman–Crippen MR) is 94.9 cm³/mol. The van der Waals surface area contributed by atoms with Gasteiger partial charge in [-0.2, -0.15) is 0 Å². The highest BCUT2D eigenvalue weighted by atomic mass is 16.1. The number of carbonyl (C=O) groups is 1. The zero-order valence-electron chi connectivity index (χ0n) is 14.1. The quantitative estimate of drug-likeness (QED) is 0.884. The second kappa shape index (κ2) is 7.90. The molecule has 1 aromatic heterocycles. The van der Waals surface area contributed by atoms with Crippen LogP contribution in [0.25, 0.3) is 0 Å². The fourth-order valence-corrected chi connectivity index (χ4v) is 3.08. The van der Waals surface area contributed by atoms with Crippen LogP contribution in [0.4, 0.5) is 5.82 Å². The molecule has 1 amide bonds. The number of hydrogen-bond acceptors (Lipinski definition) is 4. The van der Waals surface area contributed by atoms with E-state index in [1.165, 1.54) is 32.1 Å². The highest BCUT2D eigenvalue weighted by molar-refractivity contribution is 5.92. The highest BCUT2D eigenvalue weighted by Gasteiger charge is 2.16. The van der Waals surface area contributed by atoms with Gasteiger partial charge in [0.2, 0.25) is 0 Å². The fraction of sp³-hybridized carbons (Fsp3) is 0.421. The summed E-state index contributed by atoms with van der Waals surface area (Å²) in [5, 5.41) is 6.38. The summed E-state index contributed by atoms with van der Waals surface area (Å²) in [6.07, 6.45) is 6.16. The van der Waals surface area contributed by atoms with Gasteiger partial charge in [0.25, 0.3) is 5.91 Å². The molecule has 0 spiro atoms. The van der Waals surface area contributed by atoms with Crippen molar-refractivity contribution >= 4 is 11.7 Å². The molecule has 0 unspecified atom stereocenters. The number of rotatable bonds is 5. The molecule has 0 saturated heterocycles. The Labute approximate surface area is 142 Å². The Morgan fingerprint density at radius 3 is 2.62 bits per heavy atom. The second-order valence-electron chi connectivity index (χ2n) is 6.33. The van der Waals surface area contributed by atoms with Crippen LogP contribution in [0.2, 0.25) is 0 Å². The van der Waals surface area contributed by atoms with Crippen molar-refractivity contribution in [3.05, 3.63) is 53.5 Å². The Morgan fingerprint density at radius 2 is 1.88 bits per heavy atom. The van der Waals surface area contributed by atoms with Gasteiger partial charge in [-0.3, -0.25) is 4.79 Å². The first-order chi connectivity index (χ1) is 11.7. The number of aromatic nitrogens is 2. The van der Waals surface area contributed by atoms with Gasteiger partial charge in [-0.1, -0.05) is 49.6 Å². The van der Waals surface area contributed by atoms with E-state index in [1.54, 1.807) is 6.07 Å². The Balaban J connectivity index is 1.64. The Kier molecular flexibility index (Phi) is 5.41. The minimum absolute atomic E-state index is 0.170. The van der Waals surface area contributed by atoms with Crippen molar-refractivity contribution in [2.45, 2.75) is 51.6 Å². The van der Waals surface area contributed by atoms with Crippen molar-refractivity contribution < 1.29 is 4.79 Å². The van der Waals surface area contributed by atoms with Crippen molar-refractivity contribution in [2.75, 3.05) is 5.32 Å². The normalized spacial score (nSPS) is 15.0. The molecule has 1 aliphatic carbocycles. The molecule has 0 aliphatic heterocycles. The van der Waals surface area contributed by atoms with E-state index in [-0.39, 0.29) is 5.91 Å². The maximum atomic E-state index is 12.4. The van der Waals surface area contributed by atoms with Crippen LogP contribution in [0.5, 0.6) is 0 Å². The summed E-state index contributed by atoms with van der Waals surface area (Å²) in [6, 6.07) is 12.1. The number of nitrogens with one attached hydrogen (secondary N) is 2. The molecular formula is C19H24N4O. The van der Waals surface area contributed by atoms with E-state index in [0.717, 1.165) is 11.4 Å². The van der Waals surface area contributed by atoms with Gasteiger partial charge < -0.3 is 10.6 Å². The molecular weight excluding hydrogens is 300 g/mol. The van der Waals surface area contributed by atoms with Crippen molar-refractivity contribution in [1.29, 1.82) is 0 Å². The molecule has 0 bridgehead atoms. The van der Waals surface area contributed by atoms with E-state index in [9.17, 15) is 4.79 Å². The molecule has 1 saturated carbocycles. The number of hydrogen-bond donors (Lipinski definition) is 2. The van der Waals surface area contributed by atoms with Crippen molar-refractivity contribution in [1.82, 2.24) is 15.3 Å². The molecule has 1 fully saturated rings. The zero-order valence-corrected chi connectivity index (χ0v) is 14.1. The van der Waals surface area contributed by atoms with Gasteiger partial charge in [-0.05, 0) is 25.3 Å². The lowest BCUT2D eigenvalue weighted by Crippen LogP contribution is -2.26. The van der Waals surface area contributed by atoms with E-state index >= 15 is 0 Å². The minimum Gasteiger partial charge on any atom is -0.367 e. The third-order valence-electron chi connectivity index (χ3n) is 4.32. The highest BCUT2D eigenvalue weighted by Crippen LogP contribution is 2.21. The summed E-state index contributed by atoms with van der Waals surface area (Å²) in [5.74, 6) is 1.19. The molecule has 5 nitrogen and oxygen atoms in total. The van der Waals surface area contributed by atoms with E-state index in [0.29, 0.717) is 24.1 Å². The molecule has 2 aromatic rings. The first-order valence-electron chi connectivity index (χ1n) is 8.65. The standard InChI is InChI=1S/C19H24N4O/c1-14-21-17(19(24)20-13-15-8-4-2-5-9-15)12-18(22-14)23-16-10-6-3-7-11-16/h2,4-5,8-9,12,16H,3,6-7,10-11,13H2,1H3,(H,20,24)(H,21,22,23). The minimum atomic E-state index is -0.170. The van der Waals surface area contributed by atoms with Gasteiger partial charge in [0.15, 0.2) is 0 Å². The summed E-state index contributed by atoms with van der Waals surface area (Å²) < 4.78 is 0. The van der Waals surface area contributed by atoms with Gasteiger partial charge in [0, 0.05) is 18.7 Å². The van der Waals surface area contributed by atoms with Crippen LogP contribution in [0, 0.1) is 6.92 Å². The predicted octanol–water partition coefficient (Wildman–Crippen LogP) is 3.46. The Bertz CT molecular complexity index is 681. The molecule has 24 heavy (non-hydrogen) atoms. The molecule has 0 atom stereocenters. The summed E-state index contributed by atoms with van der Waals surface area (Å²) in [7, 11) is 0. The lowest BCUT2D eigenvalue weighted by molar-refractivity contribution is 0.0945. The summed E-state index contributed by atoms with van der Waals surface area (Å²) >= 11 is 0. The van der Waals surface area contributed by atoms with Crippen molar-refractivity contribution in [3.63, 3.8) is 0 Å². The van der Waals surface area contributed by atoms with Gasteiger partial charge >= 0.3 is 0 Å². The van der Waals surface area contributed by atoms with Gasteiger partial charge in [0.1, 0.15) is 17.3 Å². The van der Waals surface area contributed by atoms with E-state index in [1.807, 2.05) is 37.3 Å². The van der Waals surface area contributed by atoms with Crippen LogP contribution in [0.15, 0.2) is 36.4 Å². The van der Waals surface area contributed by atoms with Crippen molar-refractivity contribution in [3.8, 4) is 0 Å². The average molecular weight is 324 g/mol. The topological polar surface area (TPSA) is 66.9 Å². The average Bonchev–Trinajstić information content (AvgIpc) is 2.61. The molecule has 5 heteroatoms. The van der Waals surface area contributed by atoms with Crippen LogP contribution in [0.1, 0.15) is 54.0 Å². The number of nitrogens with zero attached hydrogens (tertiary/aromatic N) is 2. The number of amides is 1. The van der Waals surface area contributed by atoms with Crippen LogP contribution in [-0.2, 0) is 6.54 Å². The molecule has 1 aromatic carbocycles.